The van der Waals surface area contributed by atoms with Crippen LogP contribution in [0, 0.1) is 5.41 Å². The van der Waals surface area contributed by atoms with E-state index in [1.807, 2.05) is 0 Å². The van der Waals surface area contributed by atoms with Gasteiger partial charge in [0.2, 0.25) is 0 Å². The minimum Gasteiger partial charge on any atom is -0.351 e. The number of carbonyl (C=O) groups is 1. The van der Waals surface area contributed by atoms with Gasteiger partial charge >= 0.3 is 0 Å². The van der Waals surface area contributed by atoms with Gasteiger partial charge in [-0.3, -0.25) is 4.79 Å². The van der Waals surface area contributed by atoms with Crippen molar-refractivity contribution in [1.29, 1.82) is 0 Å². The summed E-state index contributed by atoms with van der Waals surface area (Å²) < 4.78 is 0. The van der Waals surface area contributed by atoms with Crippen LogP contribution in [0.3, 0.4) is 0 Å². The third-order valence-electron chi connectivity index (χ3n) is 3.60. The first-order valence-electron chi connectivity index (χ1n) is 6.28. The molecule has 19 heavy (non-hydrogen) atoms. The molecule has 1 aromatic rings. The maximum Gasteiger partial charge on any atom is 0.254 e. The molecule has 2 nitrogen and oxygen atoms in total. The van der Waals surface area contributed by atoms with Gasteiger partial charge in [-0.1, -0.05) is 59.0 Å². The van der Waals surface area contributed by atoms with Crippen molar-refractivity contribution in [2.75, 3.05) is 11.9 Å². The topological polar surface area (TPSA) is 29.1 Å². The number of halogens is 3. The van der Waals surface area contributed by atoms with Crippen molar-refractivity contribution >= 4 is 45.0 Å². The highest BCUT2D eigenvalue weighted by atomic mass is 79.9. The number of nitrogens with one attached hydrogen (secondary N) is 1. The lowest BCUT2D eigenvalue weighted by atomic mass is 9.84. The fraction of sp³-hybridized carbons (Fsp3) is 0.500. The minimum absolute atomic E-state index is 0.0728. The summed E-state index contributed by atoms with van der Waals surface area (Å²) in [6, 6.07) is 5.06. The molecular weight excluding hydrogens is 349 g/mol. The Morgan fingerprint density at radius 3 is 2.21 bits per heavy atom. The van der Waals surface area contributed by atoms with E-state index in [0.29, 0.717) is 22.2 Å². The normalized spacial score (nSPS) is 11.4. The van der Waals surface area contributed by atoms with Gasteiger partial charge in [-0.05, 0) is 30.4 Å². The molecule has 1 aromatic carbocycles. The molecule has 0 heterocycles. The van der Waals surface area contributed by atoms with E-state index in [4.69, 9.17) is 23.2 Å². The molecule has 0 radical (unpaired) electrons. The number of benzene rings is 1. The maximum atomic E-state index is 12.2. The molecule has 0 saturated heterocycles. The van der Waals surface area contributed by atoms with Gasteiger partial charge in [-0.2, -0.15) is 0 Å². The quantitative estimate of drug-likeness (QED) is 0.711. The lowest BCUT2D eigenvalue weighted by Crippen LogP contribution is -2.38. The maximum absolute atomic E-state index is 12.2. The van der Waals surface area contributed by atoms with Gasteiger partial charge in [0.15, 0.2) is 0 Å². The Morgan fingerprint density at radius 1 is 1.26 bits per heavy atom. The van der Waals surface area contributed by atoms with E-state index in [2.05, 4.69) is 35.1 Å². The molecule has 0 spiro atoms. The average Bonchev–Trinajstić information content (AvgIpc) is 2.41. The molecule has 106 valence electrons. The zero-order valence-electron chi connectivity index (χ0n) is 11.1. The highest BCUT2D eigenvalue weighted by Gasteiger charge is 2.26. The molecule has 0 atom stereocenters. The first-order valence-corrected chi connectivity index (χ1v) is 8.15. The first-order chi connectivity index (χ1) is 8.99. The van der Waals surface area contributed by atoms with Gasteiger partial charge in [0.25, 0.3) is 5.91 Å². The highest BCUT2D eigenvalue weighted by Crippen LogP contribution is 2.29. The van der Waals surface area contributed by atoms with Crippen LogP contribution >= 0.6 is 39.1 Å². The van der Waals surface area contributed by atoms with Gasteiger partial charge in [0.05, 0.1) is 15.6 Å². The second kappa shape index (κ2) is 7.51. The zero-order valence-corrected chi connectivity index (χ0v) is 14.2. The molecule has 1 rings (SSSR count). The number of carbonyl (C=O) groups excluding carboxylic acids is 1. The van der Waals surface area contributed by atoms with Crippen LogP contribution in [0.5, 0.6) is 0 Å². The van der Waals surface area contributed by atoms with Gasteiger partial charge < -0.3 is 5.32 Å². The molecule has 1 N–H and O–H groups in total. The molecule has 0 fully saturated rings. The Labute approximate surface area is 133 Å². The predicted molar refractivity (Wildman–Crippen MR) is 85.6 cm³/mol. The van der Waals surface area contributed by atoms with Gasteiger partial charge in [-0.25, -0.2) is 0 Å². The largest absolute Gasteiger partial charge is 0.351 e. The third-order valence-corrected chi connectivity index (χ3v) is 5.42. The second-order valence-corrected chi connectivity index (χ2v) is 6.00. The monoisotopic (exact) mass is 365 g/mol. The van der Waals surface area contributed by atoms with Crippen LogP contribution < -0.4 is 5.32 Å². The number of hydrogen-bond acceptors (Lipinski definition) is 1. The lowest BCUT2D eigenvalue weighted by molar-refractivity contribution is 0.0932. The minimum atomic E-state index is -0.220. The summed E-state index contributed by atoms with van der Waals surface area (Å²) in [4.78, 5) is 12.2. The summed E-state index contributed by atoms with van der Waals surface area (Å²) in [5.41, 5.74) is 0.421. The van der Waals surface area contributed by atoms with Crippen LogP contribution in [0.4, 0.5) is 0 Å². The van der Waals surface area contributed by atoms with Crippen molar-refractivity contribution in [2.45, 2.75) is 26.7 Å². The molecule has 0 aliphatic heterocycles. The zero-order chi connectivity index (χ0) is 14.5. The Bertz CT molecular complexity index is 419. The first kappa shape index (κ1) is 16.8. The molecule has 0 aliphatic rings. The van der Waals surface area contributed by atoms with Crippen LogP contribution in [-0.2, 0) is 0 Å². The Kier molecular flexibility index (Phi) is 6.64. The van der Waals surface area contributed by atoms with Gasteiger partial charge in [0.1, 0.15) is 0 Å². The summed E-state index contributed by atoms with van der Waals surface area (Å²) in [5, 5.41) is 4.54. The van der Waals surface area contributed by atoms with Crippen molar-refractivity contribution in [3.8, 4) is 0 Å². The SMILES string of the molecule is CCC(CC)(CBr)CNC(=O)c1c(Cl)cccc1Cl. The summed E-state index contributed by atoms with van der Waals surface area (Å²) in [7, 11) is 0. The summed E-state index contributed by atoms with van der Waals surface area (Å²) in [5.74, 6) is -0.220. The van der Waals surface area contributed by atoms with Crippen LogP contribution in [-0.4, -0.2) is 17.8 Å². The fourth-order valence-electron chi connectivity index (χ4n) is 1.81. The predicted octanol–water partition coefficient (Wildman–Crippen LogP) is 4.92. The van der Waals surface area contributed by atoms with E-state index in [-0.39, 0.29) is 11.3 Å². The molecule has 5 heteroatoms. The summed E-state index contributed by atoms with van der Waals surface area (Å²) in [6.07, 6.45) is 1.98. The van der Waals surface area contributed by atoms with Crippen molar-refractivity contribution < 1.29 is 4.79 Å². The number of amides is 1. The summed E-state index contributed by atoms with van der Waals surface area (Å²) >= 11 is 15.6. The number of alkyl halides is 1. The molecule has 0 bridgehead atoms. The Morgan fingerprint density at radius 2 is 1.79 bits per heavy atom. The Hall–Kier alpha value is -0.250. The van der Waals surface area contributed by atoms with Gasteiger partial charge in [-0.15, -0.1) is 0 Å². The molecule has 0 aliphatic carbocycles. The standard InChI is InChI=1S/C14H18BrCl2NO/c1-3-14(4-2,8-15)9-18-13(19)12-10(16)6-5-7-11(12)17/h5-7H,3-4,8-9H2,1-2H3,(H,18,19). The van der Waals surface area contributed by atoms with E-state index in [1.165, 1.54) is 0 Å². The molecule has 0 saturated carbocycles. The van der Waals surface area contributed by atoms with Crippen LogP contribution in [0.25, 0.3) is 0 Å². The van der Waals surface area contributed by atoms with Crippen molar-refractivity contribution in [2.24, 2.45) is 5.41 Å². The van der Waals surface area contributed by atoms with Gasteiger partial charge in [0, 0.05) is 11.9 Å². The smallest absolute Gasteiger partial charge is 0.254 e. The van der Waals surface area contributed by atoms with Crippen molar-refractivity contribution in [3.63, 3.8) is 0 Å². The molecular formula is C14H18BrCl2NO. The van der Waals surface area contributed by atoms with E-state index in [9.17, 15) is 4.79 Å². The number of hydrogen-bond donors (Lipinski definition) is 1. The second-order valence-electron chi connectivity index (χ2n) is 4.62. The molecule has 0 aromatic heterocycles. The summed E-state index contributed by atoms with van der Waals surface area (Å²) in [6.45, 7) is 4.85. The molecule has 0 unspecified atom stereocenters. The fourth-order valence-corrected chi connectivity index (χ4v) is 3.37. The van der Waals surface area contributed by atoms with Crippen molar-refractivity contribution in [3.05, 3.63) is 33.8 Å². The van der Waals surface area contributed by atoms with E-state index in [0.717, 1.165) is 18.2 Å². The number of rotatable bonds is 6. The van der Waals surface area contributed by atoms with E-state index < -0.39 is 0 Å². The Balaban J connectivity index is 2.81. The average molecular weight is 367 g/mol. The van der Waals surface area contributed by atoms with Crippen LogP contribution in [0.1, 0.15) is 37.0 Å². The van der Waals surface area contributed by atoms with Crippen molar-refractivity contribution in [1.82, 2.24) is 5.32 Å². The van der Waals surface area contributed by atoms with E-state index in [1.54, 1.807) is 18.2 Å². The molecule has 1 amide bonds. The highest BCUT2D eigenvalue weighted by molar-refractivity contribution is 9.09. The van der Waals surface area contributed by atoms with Crippen LogP contribution in [0.2, 0.25) is 10.0 Å². The van der Waals surface area contributed by atoms with E-state index >= 15 is 0 Å². The van der Waals surface area contributed by atoms with Crippen LogP contribution in [0.15, 0.2) is 18.2 Å². The third kappa shape index (κ3) is 4.11. The lowest BCUT2D eigenvalue weighted by Gasteiger charge is -2.29.